The maximum atomic E-state index is 13.4. The number of halogens is 3. The molecule has 0 aliphatic heterocycles. The van der Waals surface area contributed by atoms with Crippen molar-refractivity contribution in [3.63, 3.8) is 0 Å². The van der Waals surface area contributed by atoms with E-state index in [-0.39, 0.29) is 17.1 Å². The molecular weight excluding hydrogens is 271 g/mol. The van der Waals surface area contributed by atoms with Crippen molar-refractivity contribution >= 4 is 17.4 Å². The highest BCUT2D eigenvalue weighted by Crippen LogP contribution is 2.19. The Hall–Kier alpha value is -2.57. The number of nitrogens with zero attached hydrogens (tertiary/aromatic N) is 1. The summed E-state index contributed by atoms with van der Waals surface area (Å²) in [7, 11) is 1.50. The first-order valence-corrected chi connectivity index (χ1v) is 5.61. The van der Waals surface area contributed by atoms with Crippen LogP contribution in [0.15, 0.2) is 30.5 Å². The third kappa shape index (κ3) is 2.87. The highest BCUT2D eigenvalue weighted by atomic mass is 19.1. The molecule has 0 atom stereocenters. The van der Waals surface area contributed by atoms with Gasteiger partial charge in [0.15, 0.2) is 0 Å². The number of carbonyl (C=O) groups is 1. The van der Waals surface area contributed by atoms with E-state index in [0.717, 1.165) is 30.5 Å². The van der Waals surface area contributed by atoms with Crippen LogP contribution in [0.2, 0.25) is 0 Å². The largest absolute Gasteiger partial charge is 0.372 e. The van der Waals surface area contributed by atoms with E-state index in [9.17, 15) is 18.0 Å². The lowest BCUT2D eigenvalue weighted by molar-refractivity contribution is 0.102. The molecule has 0 aliphatic carbocycles. The fraction of sp³-hybridized carbons (Fsp3) is 0.0769. The van der Waals surface area contributed by atoms with Crippen molar-refractivity contribution in [2.45, 2.75) is 0 Å². The van der Waals surface area contributed by atoms with E-state index < -0.39 is 23.4 Å². The second kappa shape index (κ2) is 5.60. The summed E-state index contributed by atoms with van der Waals surface area (Å²) in [6.07, 6.45) is 0.936. The van der Waals surface area contributed by atoms with Gasteiger partial charge in [0, 0.05) is 13.1 Å². The molecule has 104 valence electrons. The molecule has 0 saturated heterocycles. The Morgan fingerprint density at radius 2 is 1.90 bits per heavy atom. The van der Waals surface area contributed by atoms with E-state index >= 15 is 0 Å². The number of hydrogen-bond donors (Lipinski definition) is 2. The second-order valence-electron chi connectivity index (χ2n) is 3.88. The molecule has 0 spiro atoms. The first kappa shape index (κ1) is 13.9. The number of aromatic nitrogens is 1. The average Bonchev–Trinajstić information content (AvgIpc) is 2.42. The van der Waals surface area contributed by atoms with Crippen LogP contribution >= 0.6 is 0 Å². The van der Waals surface area contributed by atoms with Crippen LogP contribution in [-0.2, 0) is 0 Å². The van der Waals surface area contributed by atoms with Gasteiger partial charge in [-0.3, -0.25) is 4.79 Å². The standard InChI is InChI=1S/C13H10F3N3O/c1-17-12-9(4-8(15)6-18-12)13(20)19-11-5-7(14)2-3-10(11)16/h2-6H,1H3,(H,17,18)(H,19,20). The summed E-state index contributed by atoms with van der Waals surface area (Å²) in [5.74, 6) is -2.89. The number of carbonyl (C=O) groups excluding carboxylic acids is 1. The van der Waals surface area contributed by atoms with Gasteiger partial charge in [-0.15, -0.1) is 0 Å². The van der Waals surface area contributed by atoms with E-state index in [1.54, 1.807) is 0 Å². The van der Waals surface area contributed by atoms with Crippen LogP contribution in [0.3, 0.4) is 0 Å². The van der Waals surface area contributed by atoms with E-state index in [0.29, 0.717) is 0 Å². The van der Waals surface area contributed by atoms with E-state index in [1.165, 1.54) is 7.05 Å². The van der Waals surface area contributed by atoms with Crippen LogP contribution in [0.4, 0.5) is 24.7 Å². The highest BCUT2D eigenvalue weighted by molar-refractivity contribution is 6.07. The van der Waals surface area contributed by atoms with Gasteiger partial charge >= 0.3 is 0 Å². The third-order valence-electron chi connectivity index (χ3n) is 2.51. The monoisotopic (exact) mass is 281 g/mol. The Kier molecular flexibility index (Phi) is 3.88. The van der Waals surface area contributed by atoms with Crippen LogP contribution < -0.4 is 10.6 Å². The Morgan fingerprint density at radius 3 is 2.60 bits per heavy atom. The molecule has 0 saturated carbocycles. The van der Waals surface area contributed by atoms with Gasteiger partial charge in [0.25, 0.3) is 5.91 Å². The van der Waals surface area contributed by atoms with Gasteiger partial charge in [-0.05, 0) is 18.2 Å². The summed E-state index contributed by atoms with van der Waals surface area (Å²) >= 11 is 0. The van der Waals surface area contributed by atoms with Crippen molar-refractivity contribution < 1.29 is 18.0 Å². The Morgan fingerprint density at radius 1 is 1.15 bits per heavy atom. The van der Waals surface area contributed by atoms with Gasteiger partial charge < -0.3 is 10.6 Å². The lowest BCUT2D eigenvalue weighted by Crippen LogP contribution is -2.16. The van der Waals surface area contributed by atoms with Gasteiger partial charge in [-0.2, -0.15) is 0 Å². The molecule has 0 radical (unpaired) electrons. The topological polar surface area (TPSA) is 54.0 Å². The molecule has 1 amide bonds. The predicted molar refractivity (Wildman–Crippen MR) is 68.1 cm³/mol. The number of anilines is 2. The van der Waals surface area contributed by atoms with Crippen LogP contribution in [-0.4, -0.2) is 17.9 Å². The van der Waals surface area contributed by atoms with Gasteiger partial charge in [-0.25, -0.2) is 18.2 Å². The van der Waals surface area contributed by atoms with Crippen molar-refractivity contribution in [3.8, 4) is 0 Å². The summed E-state index contributed by atoms with van der Waals surface area (Å²) in [6, 6.07) is 3.59. The van der Waals surface area contributed by atoms with Crippen molar-refractivity contribution in [3.05, 3.63) is 53.5 Å². The smallest absolute Gasteiger partial charge is 0.259 e. The van der Waals surface area contributed by atoms with Crippen LogP contribution in [0.25, 0.3) is 0 Å². The molecule has 7 heteroatoms. The molecule has 1 heterocycles. The zero-order valence-corrected chi connectivity index (χ0v) is 10.4. The molecule has 2 aromatic rings. The molecule has 2 N–H and O–H groups in total. The minimum Gasteiger partial charge on any atom is -0.372 e. The normalized spacial score (nSPS) is 10.2. The second-order valence-corrected chi connectivity index (χ2v) is 3.88. The molecule has 0 aliphatic rings. The number of rotatable bonds is 3. The molecule has 4 nitrogen and oxygen atoms in total. The average molecular weight is 281 g/mol. The minimum absolute atomic E-state index is 0.115. The van der Waals surface area contributed by atoms with Crippen LogP contribution in [0.5, 0.6) is 0 Å². The quantitative estimate of drug-likeness (QED) is 0.909. The number of amides is 1. The fourth-order valence-corrected chi connectivity index (χ4v) is 1.59. The summed E-state index contributed by atoms with van der Waals surface area (Å²) in [6.45, 7) is 0. The van der Waals surface area contributed by atoms with Crippen molar-refractivity contribution in [2.75, 3.05) is 17.7 Å². The molecule has 0 fully saturated rings. The Labute approximate surface area is 112 Å². The van der Waals surface area contributed by atoms with E-state index in [4.69, 9.17) is 0 Å². The first-order chi connectivity index (χ1) is 9.51. The first-order valence-electron chi connectivity index (χ1n) is 5.61. The lowest BCUT2D eigenvalue weighted by Gasteiger charge is -2.09. The van der Waals surface area contributed by atoms with Gasteiger partial charge in [0.2, 0.25) is 0 Å². The Balaban J connectivity index is 2.32. The van der Waals surface area contributed by atoms with E-state index in [1.807, 2.05) is 0 Å². The zero-order valence-electron chi connectivity index (χ0n) is 10.4. The van der Waals surface area contributed by atoms with Crippen LogP contribution in [0.1, 0.15) is 10.4 Å². The molecule has 20 heavy (non-hydrogen) atoms. The molecule has 0 unspecified atom stereocenters. The third-order valence-corrected chi connectivity index (χ3v) is 2.51. The molecule has 0 bridgehead atoms. The molecule has 1 aromatic heterocycles. The maximum Gasteiger partial charge on any atom is 0.259 e. The van der Waals surface area contributed by atoms with Crippen molar-refractivity contribution in [2.24, 2.45) is 0 Å². The van der Waals surface area contributed by atoms with Crippen molar-refractivity contribution in [1.82, 2.24) is 4.98 Å². The minimum atomic E-state index is -0.800. The van der Waals surface area contributed by atoms with Crippen molar-refractivity contribution in [1.29, 1.82) is 0 Å². The fourth-order valence-electron chi connectivity index (χ4n) is 1.59. The zero-order chi connectivity index (χ0) is 14.7. The maximum absolute atomic E-state index is 13.4. The predicted octanol–water partition coefficient (Wildman–Crippen LogP) is 2.79. The van der Waals surface area contributed by atoms with Gasteiger partial charge in [-0.1, -0.05) is 0 Å². The lowest BCUT2D eigenvalue weighted by atomic mass is 10.2. The number of hydrogen-bond acceptors (Lipinski definition) is 3. The number of nitrogens with one attached hydrogen (secondary N) is 2. The highest BCUT2D eigenvalue weighted by Gasteiger charge is 2.15. The number of benzene rings is 1. The number of pyridine rings is 1. The summed E-state index contributed by atoms with van der Waals surface area (Å²) in [4.78, 5) is 15.6. The Bertz CT molecular complexity index is 661. The van der Waals surface area contributed by atoms with Gasteiger partial charge in [0.05, 0.1) is 17.4 Å². The van der Waals surface area contributed by atoms with E-state index in [2.05, 4.69) is 15.6 Å². The van der Waals surface area contributed by atoms with Gasteiger partial charge in [0.1, 0.15) is 23.3 Å². The molecular formula is C13H10F3N3O. The SMILES string of the molecule is CNc1ncc(F)cc1C(=O)Nc1cc(F)ccc1F. The summed E-state index contributed by atoms with van der Waals surface area (Å²) in [5.41, 5.74) is -0.447. The molecule has 2 rings (SSSR count). The summed E-state index contributed by atoms with van der Waals surface area (Å²) < 4.78 is 39.5. The molecule has 1 aromatic carbocycles. The van der Waals surface area contributed by atoms with Crippen LogP contribution in [0, 0.1) is 17.5 Å². The summed E-state index contributed by atoms with van der Waals surface area (Å²) in [5, 5.41) is 4.78.